The van der Waals surface area contributed by atoms with Crippen molar-refractivity contribution in [3.63, 3.8) is 0 Å². The zero-order chi connectivity index (χ0) is 12.3. The van der Waals surface area contributed by atoms with Crippen LogP contribution < -0.4 is 5.32 Å². The normalized spacial score (nSPS) is 16.5. The van der Waals surface area contributed by atoms with Crippen molar-refractivity contribution < 1.29 is 14.7 Å². The highest BCUT2D eigenvalue weighted by molar-refractivity contribution is 6.04. The average molecular weight is 238 g/mol. The van der Waals surface area contributed by atoms with E-state index in [1.165, 1.54) is 6.33 Å². The predicted molar refractivity (Wildman–Crippen MR) is 57.0 cm³/mol. The zero-order valence-corrected chi connectivity index (χ0v) is 9.27. The maximum Gasteiger partial charge on any atom is 0.319 e. The monoisotopic (exact) mass is 238 g/mol. The molecule has 3 N–H and O–H groups in total. The molecule has 7 nitrogen and oxygen atoms in total. The zero-order valence-electron chi connectivity index (χ0n) is 9.27. The van der Waals surface area contributed by atoms with Crippen molar-refractivity contribution >= 4 is 11.9 Å². The summed E-state index contributed by atoms with van der Waals surface area (Å²) in [5.74, 6) is -0.633. The van der Waals surface area contributed by atoms with E-state index >= 15 is 0 Å². The highest BCUT2D eigenvalue weighted by Gasteiger charge is 2.56. The van der Waals surface area contributed by atoms with Gasteiger partial charge in [-0.25, -0.2) is 4.98 Å². The molecule has 1 aromatic rings. The van der Waals surface area contributed by atoms with E-state index < -0.39 is 11.4 Å². The Labute approximate surface area is 97.6 Å². The van der Waals surface area contributed by atoms with E-state index in [0.717, 1.165) is 5.82 Å². The van der Waals surface area contributed by atoms with Crippen LogP contribution in [-0.2, 0) is 16.0 Å². The predicted octanol–water partition coefficient (Wildman–Crippen LogP) is -0.282. The number of carbonyl (C=O) groups is 2. The van der Waals surface area contributed by atoms with E-state index in [1.807, 2.05) is 0 Å². The molecule has 1 aliphatic rings. The van der Waals surface area contributed by atoms with Crippen molar-refractivity contribution in [1.29, 1.82) is 0 Å². The smallest absolute Gasteiger partial charge is 0.319 e. The van der Waals surface area contributed by atoms with Gasteiger partial charge in [-0.05, 0) is 19.3 Å². The number of aromatic nitrogens is 3. The largest absolute Gasteiger partial charge is 0.480 e. The SMILES string of the molecule is O=C(O)C1(C(=O)NCCCc2ncn[nH]2)CC1. The van der Waals surface area contributed by atoms with E-state index in [1.54, 1.807) is 0 Å². The van der Waals surface area contributed by atoms with Crippen molar-refractivity contribution in [2.45, 2.75) is 25.7 Å². The number of H-pyrrole nitrogens is 1. The highest BCUT2D eigenvalue weighted by Crippen LogP contribution is 2.45. The summed E-state index contributed by atoms with van der Waals surface area (Å²) in [7, 11) is 0. The van der Waals surface area contributed by atoms with Crippen molar-refractivity contribution in [3.05, 3.63) is 12.2 Å². The summed E-state index contributed by atoms with van der Waals surface area (Å²) in [5, 5.41) is 18.0. The van der Waals surface area contributed by atoms with Crippen LogP contribution in [-0.4, -0.2) is 38.7 Å². The second kappa shape index (κ2) is 4.52. The van der Waals surface area contributed by atoms with Gasteiger partial charge in [-0.3, -0.25) is 14.7 Å². The van der Waals surface area contributed by atoms with Crippen molar-refractivity contribution in [2.24, 2.45) is 5.41 Å². The molecule has 0 unspecified atom stereocenters. The van der Waals surface area contributed by atoms with Crippen LogP contribution in [0.15, 0.2) is 6.33 Å². The molecule has 17 heavy (non-hydrogen) atoms. The molecule has 0 saturated heterocycles. The number of carboxylic acid groups (broad SMARTS) is 1. The summed E-state index contributed by atoms with van der Waals surface area (Å²) in [5.41, 5.74) is -1.15. The Bertz CT molecular complexity index is 411. The molecule has 0 spiro atoms. The molecular weight excluding hydrogens is 224 g/mol. The standard InChI is InChI=1S/C10H14N4O3/c15-8(10(3-4-10)9(16)17)11-5-1-2-7-12-6-13-14-7/h6H,1-5H2,(H,11,15)(H,16,17)(H,12,13,14). The first-order chi connectivity index (χ1) is 8.15. The summed E-state index contributed by atoms with van der Waals surface area (Å²) in [4.78, 5) is 26.4. The third kappa shape index (κ3) is 2.43. The van der Waals surface area contributed by atoms with Crippen LogP contribution in [0.5, 0.6) is 0 Å². The lowest BCUT2D eigenvalue weighted by Gasteiger charge is -2.09. The van der Waals surface area contributed by atoms with Gasteiger partial charge in [0, 0.05) is 13.0 Å². The van der Waals surface area contributed by atoms with Gasteiger partial charge >= 0.3 is 5.97 Å². The molecule has 1 saturated carbocycles. The fraction of sp³-hybridized carbons (Fsp3) is 0.600. The van der Waals surface area contributed by atoms with Gasteiger partial charge in [0.1, 0.15) is 17.6 Å². The highest BCUT2D eigenvalue weighted by atomic mass is 16.4. The Balaban J connectivity index is 1.69. The minimum atomic E-state index is -1.15. The van der Waals surface area contributed by atoms with Crippen LogP contribution in [0.25, 0.3) is 0 Å². The van der Waals surface area contributed by atoms with Gasteiger partial charge < -0.3 is 10.4 Å². The number of amides is 1. The number of carboxylic acids is 1. The number of aryl methyl sites for hydroxylation is 1. The second-order valence-corrected chi connectivity index (χ2v) is 4.18. The molecule has 1 fully saturated rings. The van der Waals surface area contributed by atoms with Crippen molar-refractivity contribution in [1.82, 2.24) is 20.5 Å². The first-order valence-electron chi connectivity index (χ1n) is 5.51. The lowest BCUT2D eigenvalue weighted by atomic mass is 10.1. The van der Waals surface area contributed by atoms with Gasteiger partial charge in [-0.1, -0.05) is 0 Å². The molecule has 1 heterocycles. The molecule has 2 rings (SSSR count). The summed E-state index contributed by atoms with van der Waals surface area (Å²) in [6, 6.07) is 0. The van der Waals surface area contributed by atoms with Gasteiger partial charge in [0.15, 0.2) is 0 Å². The van der Waals surface area contributed by atoms with Crippen LogP contribution >= 0.6 is 0 Å². The summed E-state index contributed by atoms with van der Waals surface area (Å²) in [6.07, 6.45) is 3.70. The third-order valence-corrected chi connectivity index (χ3v) is 2.93. The number of aromatic amines is 1. The van der Waals surface area contributed by atoms with Crippen LogP contribution in [0.3, 0.4) is 0 Å². The lowest BCUT2D eigenvalue weighted by Crippen LogP contribution is -2.37. The Morgan fingerprint density at radius 3 is 2.82 bits per heavy atom. The Kier molecular flexibility index (Phi) is 3.08. The Morgan fingerprint density at radius 2 is 2.29 bits per heavy atom. The first kappa shape index (κ1) is 11.6. The molecule has 1 aromatic heterocycles. The summed E-state index contributed by atoms with van der Waals surface area (Å²) < 4.78 is 0. The fourth-order valence-corrected chi connectivity index (χ4v) is 1.64. The van der Waals surface area contributed by atoms with E-state index in [0.29, 0.717) is 32.2 Å². The topological polar surface area (TPSA) is 108 Å². The summed E-state index contributed by atoms with van der Waals surface area (Å²) in [6.45, 7) is 0.453. The molecule has 1 aliphatic carbocycles. The minimum Gasteiger partial charge on any atom is -0.480 e. The number of nitrogens with zero attached hydrogens (tertiary/aromatic N) is 2. The second-order valence-electron chi connectivity index (χ2n) is 4.18. The van der Waals surface area contributed by atoms with Gasteiger partial charge in [-0.15, -0.1) is 0 Å². The van der Waals surface area contributed by atoms with Crippen LogP contribution in [0.1, 0.15) is 25.1 Å². The molecule has 7 heteroatoms. The fourth-order valence-electron chi connectivity index (χ4n) is 1.64. The maximum absolute atomic E-state index is 11.6. The number of aliphatic carboxylic acids is 1. The van der Waals surface area contributed by atoms with E-state index in [4.69, 9.17) is 5.11 Å². The van der Waals surface area contributed by atoms with Crippen LogP contribution in [0.4, 0.5) is 0 Å². The van der Waals surface area contributed by atoms with Gasteiger partial charge in [0.2, 0.25) is 5.91 Å². The van der Waals surface area contributed by atoms with E-state index in [-0.39, 0.29) is 5.91 Å². The molecular formula is C10H14N4O3. The quantitative estimate of drug-likeness (QED) is 0.466. The van der Waals surface area contributed by atoms with E-state index in [9.17, 15) is 9.59 Å². The molecule has 0 aromatic carbocycles. The number of rotatable bonds is 6. The number of hydrogen-bond acceptors (Lipinski definition) is 4. The molecule has 0 atom stereocenters. The summed E-state index contributed by atoms with van der Waals surface area (Å²) >= 11 is 0. The maximum atomic E-state index is 11.6. The minimum absolute atomic E-state index is 0.373. The van der Waals surface area contributed by atoms with Gasteiger partial charge in [0.25, 0.3) is 0 Å². The molecule has 92 valence electrons. The molecule has 0 bridgehead atoms. The molecule has 0 aliphatic heterocycles. The van der Waals surface area contributed by atoms with Gasteiger partial charge in [-0.2, -0.15) is 5.10 Å². The Morgan fingerprint density at radius 1 is 1.53 bits per heavy atom. The Hall–Kier alpha value is -1.92. The van der Waals surface area contributed by atoms with E-state index in [2.05, 4.69) is 20.5 Å². The van der Waals surface area contributed by atoms with Crippen molar-refractivity contribution in [2.75, 3.05) is 6.54 Å². The number of carbonyl (C=O) groups excluding carboxylic acids is 1. The molecule has 1 amide bonds. The molecule has 0 radical (unpaired) electrons. The third-order valence-electron chi connectivity index (χ3n) is 2.93. The van der Waals surface area contributed by atoms with Gasteiger partial charge in [0.05, 0.1) is 0 Å². The van der Waals surface area contributed by atoms with Crippen LogP contribution in [0, 0.1) is 5.41 Å². The van der Waals surface area contributed by atoms with Crippen molar-refractivity contribution in [3.8, 4) is 0 Å². The lowest BCUT2D eigenvalue weighted by molar-refractivity contribution is -0.149. The van der Waals surface area contributed by atoms with Crippen LogP contribution in [0.2, 0.25) is 0 Å². The average Bonchev–Trinajstić information content (AvgIpc) is 2.97. The number of hydrogen-bond donors (Lipinski definition) is 3. The number of nitrogens with one attached hydrogen (secondary N) is 2. The first-order valence-corrected chi connectivity index (χ1v) is 5.51.